The molecule has 1 aromatic rings. The highest BCUT2D eigenvalue weighted by Gasteiger charge is 2.12. The van der Waals surface area contributed by atoms with Crippen LogP contribution in [-0.2, 0) is 0 Å². The molecule has 1 unspecified atom stereocenters. The van der Waals surface area contributed by atoms with Gasteiger partial charge in [0, 0.05) is 12.3 Å². The summed E-state index contributed by atoms with van der Waals surface area (Å²) in [5.41, 5.74) is 0. The number of hydrogen-bond donors (Lipinski definition) is 2. The van der Waals surface area contributed by atoms with E-state index in [-0.39, 0.29) is 6.04 Å². The van der Waals surface area contributed by atoms with Gasteiger partial charge in [-0.05, 0) is 26.1 Å². The van der Waals surface area contributed by atoms with Crippen LogP contribution in [0.2, 0.25) is 0 Å². The van der Waals surface area contributed by atoms with Crippen LogP contribution in [0.1, 0.15) is 32.2 Å². The van der Waals surface area contributed by atoms with Crippen molar-refractivity contribution in [3.05, 3.63) is 5.89 Å². The lowest BCUT2D eigenvalue weighted by atomic mass is 10.3. The molecule has 5 nitrogen and oxygen atoms in total. The molecular formula is C10H20N4OS. The van der Waals surface area contributed by atoms with Gasteiger partial charge in [0.2, 0.25) is 5.89 Å². The fraction of sp³-hybridized carbons (Fsp3) is 0.800. The number of anilines is 1. The van der Waals surface area contributed by atoms with Gasteiger partial charge in [0.25, 0.3) is 0 Å². The van der Waals surface area contributed by atoms with Crippen LogP contribution in [0.25, 0.3) is 0 Å². The predicted octanol–water partition coefficient (Wildman–Crippen LogP) is 1.91. The average Bonchev–Trinajstić information content (AvgIpc) is 2.75. The third-order valence-electron chi connectivity index (χ3n) is 2.09. The molecule has 2 N–H and O–H groups in total. The molecule has 6 heteroatoms. The van der Waals surface area contributed by atoms with Crippen LogP contribution in [0.3, 0.4) is 0 Å². The molecular weight excluding hydrogens is 224 g/mol. The van der Waals surface area contributed by atoms with E-state index < -0.39 is 0 Å². The fourth-order valence-corrected chi connectivity index (χ4v) is 1.50. The maximum Gasteiger partial charge on any atom is 0.315 e. The van der Waals surface area contributed by atoms with Gasteiger partial charge in [-0.2, -0.15) is 11.8 Å². The van der Waals surface area contributed by atoms with E-state index in [0.717, 1.165) is 25.3 Å². The Kier molecular flexibility index (Phi) is 6.25. The minimum Gasteiger partial charge on any atom is -0.406 e. The zero-order valence-electron chi connectivity index (χ0n) is 10.1. The molecule has 1 atom stereocenters. The molecule has 0 amide bonds. The number of aromatic nitrogens is 2. The molecule has 0 aliphatic carbocycles. The number of nitrogens with one attached hydrogen (secondary N) is 2. The molecule has 0 radical (unpaired) electrons. The summed E-state index contributed by atoms with van der Waals surface area (Å²) < 4.78 is 5.48. The van der Waals surface area contributed by atoms with Gasteiger partial charge in [0.05, 0.1) is 6.04 Å². The Morgan fingerprint density at radius 3 is 2.88 bits per heavy atom. The molecule has 0 fully saturated rings. The Bertz CT molecular complexity index is 292. The Hall–Kier alpha value is -0.750. The fourth-order valence-electron chi connectivity index (χ4n) is 1.19. The van der Waals surface area contributed by atoms with Gasteiger partial charge < -0.3 is 15.1 Å². The van der Waals surface area contributed by atoms with E-state index in [1.54, 1.807) is 11.8 Å². The third-order valence-corrected chi connectivity index (χ3v) is 2.71. The van der Waals surface area contributed by atoms with E-state index in [1.807, 2.05) is 6.92 Å². The SMILES string of the molecule is CCCNC(C)c1nnc(NCCSC)o1. The van der Waals surface area contributed by atoms with Crippen LogP contribution in [0.4, 0.5) is 6.01 Å². The molecule has 16 heavy (non-hydrogen) atoms. The number of thioether (sulfide) groups is 1. The first-order valence-corrected chi connectivity index (χ1v) is 6.97. The zero-order chi connectivity index (χ0) is 11.8. The third kappa shape index (κ3) is 4.40. The molecule has 0 saturated heterocycles. The molecule has 0 aliphatic rings. The first kappa shape index (κ1) is 13.3. The second-order valence-electron chi connectivity index (χ2n) is 3.54. The van der Waals surface area contributed by atoms with E-state index in [9.17, 15) is 0 Å². The van der Waals surface area contributed by atoms with Gasteiger partial charge >= 0.3 is 6.01 Å². The Morgan fingerprint density at radius 1 is 1.38 bits per heavy atom. The van der Waals surface area contributed by atoms with E-state index >= 15 is 0 Å². The first-order valence-electron chi connectivity index (χ1n) is 5.57. The molecule has 0 saturated carbocycles. The van der Waals surface area contributed by atoms with Gasteiger partial charge in [-0.1, -0.05) is 12.0 Å². The molecule has 0 bridgehead atoms. The Labute approximate surface area is 101 Å². The van der Waals surface area contributed by atoms with Crippen molar-refractivity contribution in [1.82, 2.24) is 15.5 Å². The van der Waals surface area contributed by atoms with Gasteiger partial charge in [0.15, 0.2) is 0 Å². The second kappa shape index (κ2) is 7.51. The van der Waals surface area contributed by atoms with Crippen molar-refractivity contribution in [3.8, 4) is 0 Å². The van der Waals surface area contributed by atoms with Crippen LogP contribution in [0.15, 0.2) is 4.42 Å². The van der Waals surface area contributed by atoms with Crippen LogP contribution in [0, 0.1) is 0 Å². The van der Waals surface area contributed by atoms with Gasteiger partial charge in [-0.25, -0.2) is 0 Å². The number of nitrogens with zero attached hydrogens (tertiary/aromatic N) is 2. The van der Waals surface area contributed by atoms with Crippen molar-refractivity contribution >= 4 is 17.8 Å². The van der Waals surface area contributed by atoms with E-state index in [4.69, 9.17) is 4.42 Å². The van der Waals surface area contributed by atoms with E-state index in [0.29, 0.717) is 11.9 Å². The summed E-state index contributed by atoms with van der Waals surface area (Å²) in [5.74, 6) is 1.67. The van der Waals surface area contributed by atoms with Crippen molar-refractivity contribution in [3.63, 3.8) is 0 Å². The summed E-state index contributed by atoms with van der Waals surface area (Å²) in [6.45, 7) is 5.95. The summed E-state index contributed by atoms with van der Waals surface area (Å²) in [5, 5.41) is 14.3. The second-order valence-corrected chi connectivity index (χ2v) is 4.53. The summed E-state index contributed by atoms with van der Waals surface area (Å²) in [7, 11) is 0. The minimum atomic E-state index is 0.114. The Morgan fingerprint density at radius 2 is 2.19 bits per heavy atom. The lowest BCUT2D eigenvalue weighted by molar-refractivity contribution is 0.423. The van der Waals surface area contributed by atoms with Crippen LogP contribution >= 0.6 is 11.8 Å². The van der Waals surface area contributed by atoms with E-state index in [2.05, 4.69) is 34.0 Å². The molecule has 1 rings (SSSR count). The number of hydrogen-bond acceptors (Lipinski definition) is 6. The zero-order valence-corrected chi connectivity index (χ0v) is 10.9. The highest BCUT2D eigenvalue weighted by molar-refractivity contribution is 7.98. The average molecular weight is 244 g/mol. The highest BCUT2D eigenvalue weighted by atomic mass is 32.2. The topological polar surface area (TPSA) is 63.0 Å². The summed E-state index contributed by atoms with van der Waals surface area (Å²) in [4.78, 5) is 0. The summed E-state index contributed by atoms with van der Waals surface area (Å²) >= 11 is 1.78. The van der Waals surface area contributed by atoms with E-state index in [1.165, 1.54) is 0 Å². The van der Waals surface area contributed by atoms with Gasteiger partial charge in [0.1, 0.15) is 0 Å². The highest BCUT2D eigenvalue weighted by Crippen LogP contribution is 2.13. The molecule has 92 valence electrons. The molecule has 0 spiro atoms. The standard InChI is InChI=1S/C10H20N4OS/c1-4-5-11-8(2)9-13-14-10(15-9)12-6-7-16-3/h8,11H,4-7H2,1-3H3,(H,12,14). The Balaban J connectivity index is 2.37. The van der Waals surface area contributed by atoms with Crippen LogP contribution in [-0.4, -0.2) is 35.3 Å². The van der Waals surface area contributed by atoms with Crippen molar-refractivity contribution in [1.29, 1.82) is 0 Å². The van der Waals surface area contributed by atoms with Gasteiger partial charge in [-0.15, -0.1) is 5.10 Å². The van der Waals surface area contributed by atoms with Crippen molar-refractivity contribution < 1.29 is 4.42 Å². The van der Waals surface area contributed by atoms with Crippen LogP contribution < -0.4 is 10.6 Å². The summed E-state index contributed by atoms with van der Waals surface area (Å²) in [6, 6.07) is 0.623. The van der Waals surface area contributed by atoms with Crippen LogP contribution in [0.5, 0.6) is 0 Å². The quantitative estimate of drug-likeness (QED) is 0.681. The maximum absolute atomic E-state index is 5.48. The smallest absolute Gasteiger partial charge is 0.315 e. The van der Waals surface area contributed by atoms with Crippen molar-refractivity contribution in [2.75, 3.05) is 30.4 Å². The monoisotopic (exact) mass is 244 g/mol. The van der Waals surface area contributed by atoms with Crippen molar-refractivity contribution in [2.24, 2.45) is 0 Å². The minimum absolute atomic E-state index is 0.114. The summed E-state index contributed by atoms with van der Waals surface area (Å²) in [6.07, 6.45) is 3.16. The largest absolute Gasteiger partial charge is 0.406 e. The molecule has 0 aromatic carbocycles. The molecule has 1 heterocycles. The molecule has 1 aromatic heterocycles. The molecule has 0 aliphatic heterocycles. The van der Waals surface area contributed by atoms with Crippen molar-refractivity contribution in [2.45, 2.75) is 26.3 Å². The normalized spacial score (nSPS) is 12.7. The lowest BCUT2D eigenvalue weighted by Gasteiger charge is -2.07. The predicted molar refractivity (Wildman–Crippen MR) is 67.9 cm³/mol. The lowest BCUT2D eigenvalue weighted by Crippen LogP contribution is -2.19. The van der Waals surface area contributed by atoms with Gasteiger partial charge in [-0.3, -0.25) is 0 Å². The number of rotatable bonds is 8. The first-order chi connectivity index (χ1) is 7.77. The maximum atomic E-state index is 5.48.